The fourth-order valence-corrected chi connectivity index (χ4v) is 5.92. The summed E-state index contributed by atoms with van der Waals surface area (Å²) in [6, 6.07) is 13.5. The van der Waals surface area contributed by atoms with Crippen molar-refractivity contribution in [1.29, 1.82) is 5.26 Å². The lowest BCUT2D eigenvalue weighted by atomic mass is 10.0. The molecule has 0 atom stereocenters. The van der Waals surface area contributed by atoms with Gasteiger partial charge in [0.25, 0.3) is 5.65 Å². The number of amidine groups is 1. The van der Waals surface area contributed by atoms with Crippen molar-refractivity contribution in [3.63, 3.8) is 0 Å². The Kier molecular flexibility index (Phi) is 10.5. The van der Waals surface area contributed by atoms with Gasteiger partial charge >= 0.3 is 11.7 Å². The van der Waals surface area contributed by atoms with Crippen molar-refractivity contribution in [3.05, 3.63) is 117 Å². The highest BCUT2D eigenvalue weighted by Gasteiger charge is 2.32. The number of rotatable bonds is 6. The highest BCUT2D eigenvalue weighted by Crippen LogP contribution is 2.37. The monoisotopic (exact) mass is 697 g/mol. The van der Waals surface area contributed by atoms with E-state index in [1.54, 1.807) is 36.2 Å². The third kappa shape index (κ3) is 7.67. The number of thioether (sulfide) groups is 1. The number of aromatic nitrogens is 4. The van der Waals surface area contributed by atoms with Crippen LogP contribution < -0.4 is 20.0 Å². The normalized spacial score (nSPS) is 13.7. The predicted molar refractivity (Wildman–Crippen MR) is 169 cm³/mol. The number of aliphatic imine (C=N–C) groups is 1. The zero-order valence-electron chi connectivity index (χ0n) is 25.0. The second kappa shape index (κ2) is 14.7. The lowest BCUT2D eigenvalue weighted by Gasteiger charge is -2.19. The molecule has 16 heteroatoms. The topological polar surface area (TPSA) is 123 Å². The summed E-state index contributed by atoms with van der Waals surface area (Å²) < 4.78 is 60.7. The van der Waals surface area contributed by atoms with E-state index in [1.165, 1.54) is 36.2 Å². The predicted octanol–water partition coefficient (Wildman–Crippen LogP) is 5.06. The second-order valence-electron chi connectivity index (χ2n) is 10.2. The number of hydrogen-bond acceptors (Lipinski definition) is 8. The Morgan fingerprint density at radius 1 is 1.12 bits per heavy atom. The third-order valence-electron chi connectivity index (χ3n) is 7.10. The average molecular weight is 698 g/mol. The van der Waals surface area contributed by atoms with Crippen LogP contribution in [0.15, 0.2) is 89.0 Å². The maximum Gasteiger partial charge on any atom is 0.416 e. The van der Waals surface area contributed by atoms with Gasteiger partial charge in [0.05, 0.1) is 24.8 Å². The van der Waals surface area contributed by atoms with Crippen LogP contribution in [0.1, 0.15) is 16.7 Å². The lowest BCUT2D eigenvalue weighted by Crippen LogP contribution is -2.44. The van der Waals surface area contributed by atoms with Crippen molar-refractivity contribution in [1.82, 2.24) is 19.3 Å². The number of pyridine rings is 3. The molecule has 0 radical (unpaired) electrons. The largest absolute Gasteiger partial charge is 0.842 e. The van der Waals surface area contributed by atoms with Crippen LogP contribution in [0.4, 0.5) is 17.6 Å². The highest BCUT2D eigenvalue weighted by molar-refractivity contribution is 8.14. The van der Waals surface area contributed by atoms with Crippen molar-refractivity contribution >= 4 is 34.2 Å². The van der Waals surface area contributed by atoms with Crippen LogP contribution in [0.25, 0.3) is 16.8 Å². The molecule has 48 heavy (non-hydrogen) atoms. The summed E-state index contributed by atoms with van der Waals surface area (Å²) in [7, 11) is 1.23. The van der Waals surface area contributed by atoms with Crippen LogP contribution in [0.3, 0.4) is 0 Å². The molecular formula is C32H24ClF4N7O3S. The first-order valence-electron chi connectivity index (χ1n) is 14.1. The summed E-state index contributed by atoms with van der Waals surface area (Å²) >= 11 is 7.32. The van der Waals surface area contributed by atoms with E-state index in [0.29, 0.717) is 10.7 Å². The van der Waals surface area contributed by atoms with Gasteiger partial charge in [-0.3, -0.25) is 0 Å². The van der Waals surface area contributed by atoms with E-state index in [9.17, 15) is 27.5 Å². The molecule has 0 N–H and O–H groups in total. The van der Waals surface area contributed by atoms with Gasteiger partial charge in [0.15, 0.2) is 5.17 Å². The Morgan fingerprint density at radius 2 is 1.90 bits per heavy atom. The van der Waals surface area contributed by atoms with Gasteiger partial charge in [0.1, 0.15) is 23.0 Å². The minimum Gasteiger partial charge on any atom is -0.842 e. The van der Waals surface area contributed by atoms with Gasteiger partial charge < -0.3 is 14.7 Å². The Bertz CT molecular complexity index is 2070. The number of nitriles is 1. The maximum absolute atomic E-state index is 13.4. The number of alkyl halides is 3. The van der Waals surface area contributed by atoms with Gasteiger partial charge in [-0.25, -0.2) is 19.3 Å². The summed E-state index contributed by atoms with van der Waals surface area (Å²) in [6.45, 7) is 1.54. The van der Waals surface area contributed by atoms with Crippen molar-refractivity contribution < 1.29 is 32.0 Å². The van der Waals surface area contributed by atoms with Crippen molar-refractivity contribution in [3.8, 4) is 28.9 Å². The molecule has 1 aliphatic rings. The van der Waals surface area contributed by atoms with E-state index >= 15 is 0 Å². The molecule has 10 nitrogen and oxygen atoms in total. The van der Waals surface area contributed by atoms with E-state index in [0.717, 1.165) is 58.2 Å². The minimum absolute atomic E-state index is 0.0573. The number of fused-ring (bicyclic) bond motifs is 1. The summed E-state index contributed by atoms with van der Waals surface area (Å²) in [5.74, 6) is -0.604. The van der Waals surface area contributed by atoms with E-state index < -0.39 is 34.7 Å². The first-order valence-corrected chi connectivity index (χ1v) is 15.4. The fraction of sp³-hybridized carbons (Fsp3) is 0.188. The second-order valence-corrected chi connectivity index (χ2v) is 11.6. The Balaban J connectivity index is 0.000000236. The minimum atomic E-state index is -4.69. The number of benzene rings is 1. The van der Waals surface area contributed by atoms with Crippen LogP contribution in [0.2, 0.25) is 5.15 Å². The summed E-state index contributed by atoms with van der Waals surface area (Å²) in [5, 5.41) is 23.2. The number of hydrogen-bond donors (Lipinski definition) is 0. The summed E-state index contributed by atoms with van der Waals surface area (Å²) in [4.78, 5) is 26.6. The molecule has 1 fully saturated rings. The quantitative estimate of drug-likeness (QED) is 0.105. The van der Waals surface area contributed by atoms with Crippen LogP contribution >= 0.6 is 23.4 Å². The van der Waals surface area contributed by atoms with Gasteiger partial charge in [-0.2, -0.15) is 27.2 Å². The molecule has 0 amide bonds. The molecule has 1 aromatic carbocycles. The first-order chi connectivity index (χ1) is 23.0. The highest BCUT2D eigenvalue weighted by atomic mass is 35.5. The van der Waals surface area contributed by atoms with Crippen molar-refractivity contribution in [2.24, 2.45) is 4.99 Å². The van der Waals surface area contributed by atoms with E-state index in [4.69, 9.17) is 21.6 Å². The van der Waals surface area contributed by atoms with Gasteiger partial charge in [0.2, 0.25) is 12.1 Å². The molecule has 0 unspecified atom stereocenters. The van der Waals surface area contributed by atoms with Gasteiger partial charge in [-0.05, 0) is 48.0 Å². The zero-order chi connectivity index (χ0) is 34.4. The number of methoxy groups -OCH3 is 1. The Hall–Kier alpha value is -5.20. The maximum atomic E-state index is 13.4. The van der Waals surface area contributed by atoms with Crippen LogP contribution in [-0.4, -0.2) is 43.8 Å². The van der Waals surface area contributed by atoms with Crippen molar-refractivity contribution in [2.45, 2.75) is 19.3 Å². The smallest absolute Gasteiger partial charge is 0.416 e. The van der Waals surface area contributed by atoms with E-state index in [1.807, 2.05) is 12.3 Å². The Labute approximate surface area is 280 Å². The molecule has 5 aromatic rings. The summed E-state index contributed by atoms with van der Waals surface area (Å²) in [6.07, 6.45) is 1.52. The lowest BCUT2D eigenvalue weighted by molar-refractivity contribution is -0.708. The van der Waals surface area contributed by atoms with Crippen LogP contribution in [0, 0.1) is 17.4 Å². The first kappa shape index (κ1) is 34.1. The standard InChI is InChI=1S/C22H15F4N3O3.C10H9ClN4S/c1-32-16-7-6-14(22(24,25)26)10-15(16)19-20(30)28-9-3-2-4-18(28)29(21(19)31)12-13-5-8-17(23)27-11-13;11-9-2-1-8(5-13-9)6-15-3-4-16-10(15)14-7-12/h2-11H,12H2,1H3;1-2,5H,3-4,6H2. The summed E-state index contributed by atoms with van der Waals surface area (Å²) in [5.41, 5.74) is -0.844. The van der Waals surface area contributed by atoms with E-state index in [2.05, 4.69) is 19.9 Å². The molecule has 0 aliphatic carbocycles. The molecule has 6 rings (SSSR count). The van der Waals surface area contributed by atoms with Crippen LogP contribution in [-0.2, 0) is 19.3 Å². The molecular weight excluding hydrogens is 674 g/mol. The third-order valence-corrected chi connectivity index (χ3v) is 8.32. The van der Waals surface area contributed by atoms with Gasteiger partial charge in [0, 0.05) is 48.4 Å². The van der Waals surface area contributed by atoms with E-state index in [-0.39, 0.29) is 23.5 Å². The molecule has 1 saturated heterocycles. The molecule has 4 aromatic heterocycles. The number of halogens is 5. The molecule has 246 valence electrons. The molecule has 1 aliphatic heterocycles. The number of ether oxygens (including phenoxy) is 1. The Morgan fingerprint density at radius 3 is 2.56 bits per heavy atom. The molecule has 5 heterocycles. The van der Waals surface area contributed by atoms with Crippen molar-refractivity contribution in [2.75, 3.05) is 19.4 Å². The van der Waals surface area contributed by atoms with Gasteiger partial charge in [-0.15, -0.1) is 4.99 Å². The SMILES string of the molecule is COc1ccc(C(F)(F)F)cc1-c1c([O-])[n+](Cc2ccc(F)nc2)c2ccccn2c1=O.N#CN=C1SCCN1Cc1ccc(Cl)nc1. The number of nitrogens with zero attached hydrogens (tertiary/aromatic N) is 7. The molecule has 0 saturated carbocycles. The average Bonchev–Trinajstić information content (AvgIpc) is 3.51. The molecule has 0 spiro atoms. The molecule has 0 bridgehead atoms. The van der Waals surface area contributed by atoms with Crippen LogP contribution in [0.5, 0.6) is 11.6 Å². The van der Waals surface area contributed by atoms with Gasteiger partial charge in [-0.1, -0.05) is 35.5 Å². The zero-order valence-corrected chi connectivity index (χ0v) is 26.6. The fourth-order valence-electron chi connectivity index (χ4n) is 4.87.